The van der Waals surface area contributed by atoms with Gasteiger partial charge in [-0.15, -0.1) is 0 Å². The number of anilines is 2. The van der Waals surface area contributed by atoms with E-state index in [1.54, 1.807) is 43.3 Å². The Morgan fingerprint density at radius 1 is 1.08 bits per heavy atom. The Bertz CT molecular complexity index is 702. The third-order valence-corrected chi connectivity index (χ3v) is 3.19. The molecule has 0 heterocycles. The number of hydrogen-bond acceptors (Lipinski definition) is 4. The van der Waals surface area contributed by atoms with Gasteiger partial charge in [-0.2, -0.15) is 0 Å². The van der Waals surface area contributed by atoms with Crippen LogP contribution in [-0.2, 0) is 9.53 Å². The Balaban J connectivity index is 1.78. The molecule has 0 saturated heterocycles. The third-order valence-electron chi connectivity index (χ3n) is 3.19. The number of ether oxygens (including phenoxy) is 1. The lowest BCUT2D eigenvalue weighted by Crippen LogP contribution is -2.16. The van der Waals surface area contributed by atoms with Gasteiger partial charge < -0.3 is 15.4 Å². The van der Waals surface area contributed by atoms with Gasteiger partial charge in [-0.25, -0.2) is 9.18 Å². The monoisotopic (exact) mass is 330 g/mol. The molecule has 2 N–H and O–H groups in total. The van der Waals surface area contributed by atoms with Crippen molar-refractivity contribution in [2.24, 2.45) is 0 Å². The number of nitrogens with one attached hydrogen (secondary N) is 2. The lowest BCUT2D eigenvalue weighted by Gasteiger charge is -2.08. The highest BCUT2D eigenvalue weighted by atomic mass is 19.1. The number of carbonyl (C=O) groups excluding carboxylic acids is 2. The van der Waals surface area contributed by atoms with Crippen LogP contribution in [0.2, 0.25) is 0 Å². The predicted octanol–water partition coefficient (Wildman–Crippen LogP) is 3.44. The normalized spacial score (nSPS) is 10.1. The van der Waals surface area contributed by atoms with Gasteiger partial charge in [-0.05, 0) is 49.4 Å². The van der Waals surface area contributed by atoms with Gasteiger partial charge in [-0.3, -0.25) is 4.79 Å². The van der Waals surface area contributed by atoms with Crippen molar-refractivity contribution in [3.63, 3.8) is 0 Å². The fraction of sp³-hybridized carbons (Fsp3) is 0.222. The van der Waals surface area contributed by atoms with Crippen molar-refractivity contribution in [3.8, 4) is 0 Å². The number of carbonyl (C=O) groups is 2. The average molecular weight is 330 g/mol. The minimum atomic E-state index is -0.394. The van der Waals surface area contributed by atoms with Gasteiger partial charge in [-0.1, -0.05) is 6.07 Å². The molecule has 5 nitrogen and oxygen atoms in total. The number of esters is 1. The molecule has 0 spiro atoms. The fourth-order valence-corrected chi connectivity index (χ4v) is 2.05. The molecule has 0 aromatic heterocycles. The van der Waals surface area contributed by atoms with Gasteiger partial charge in [0.15, 0.2) is 0 Å². The van der Waals surface area contributed by atoms with Crippen molar-refractivity contribution in [2.45, 2.75) is 13.3 Å². The first-order chi connectivity index (χ1) is 11.6. The standard InChI is InChI=1S/C18H19FN2O3/c1-2-24-18(23)13-6-8-15(9-7-13)21-17(22)10-11-20-16-5-3-4-14(19)12-16/h3-9,12,20H,2,10-11H2,1H3,(H,21,22). The van der Waals surface area contributed by atoms with Crippen LogP contribution in [0.5, 0.6) is 0 Å². The molecule has 0 unspecified atom stereocenters. The summed E-state index contributed by atoms with van der Waals surface area (Å²) in [6.07, 6.45) is 0.232. The van der Waals surface area contributed by atoms with Crippen LogP contribution >= 0.6 is 0 Å². The molecule has 1 amide bonds. The summed E-state index contributed by atoms with van der Waals surface area (Å²) >= 11 is 0. The summed E-state index contributed by atoms with van der Waals surface area (Å²) in [7, 11) is 0. The number of amides is 1. The van der Waals surface area contributed by atoms with Crippen molar-refractivity contribution in [2.75, 3.05) is 23.8 Å². The highest BCUT2D eigenvalue weighted by Gasteiger charge is 2.07. The van der Waals surface area contributed by atoms with Crippen molar-refractivity contribution in [3.05, 3.63) is 59.9 Å². The van der Waals surface area contributed by atoms with Gasteiger partial charge in [0.2, 0.25) is 5.91 Å². The first kappa shape index (κ1) is 17.5. The van der Waals surface area contributed by atoms with Crippen LogP contribution in [-0.4, -0.2) is 25.0 Å². The first-order valence-corrected chi connectivity index (χ1v) is 7.65. The zero-order valence-electron chi connectivity index (χ0n) is 13.3. The van der Waals surface area contributed by atoms with Gasteiger partial charge >= 0.3 is 5.97 Å². The van der Waals surface area contributed by atoms with E-state index in [-0.39, 0.29) is 18.1 Å². The van der Waals surface area contributed by atoms with Crippen LogP contribution in [0.25, 0.3) is 0 Å². The molecule has 126 valence electrons. The highest BCUT2D eigenvalue weighted by molar-refractivity contribution is 5.93. The molecule has 24 heavy (non-hydrogen) atoms. The van der Waals surface area contributed by atoms with Crippen molar-refractivity contribution in [1.29, 1.82) is 0 Å². The minimum Gasteiger partial charge on any atom is -0.462 e. The molecule has 0 aliphatic heterocycles. The molecule has 2 rings (SSSR count). The lowest BCUT2D eigenvalue weighted by atomic mass is 10.2. The van der Waals surface area contributed by atoms with Crippen LogP contribution in [0.1, 0.15) is 23.7 Å². The van der Waals surface area contributed by atoms with E-state index in [2.05, 4.69) is 10.6 Å². The molecule has 2 aromatic rings. The summed E-state index contributed by atoms with van der Waals surface area (Å²) in [5.41, 5.74) is 1.66. The van der Waals surface area contributed by atoms with Crippen molar-refractivity contribution >= 4 is 23.3 Å². The lowest BCUT2D eigenvalue weighted by molar-refractivity contribution is -0.115. The van der Waals surface area contributed by atoms with Crippen molar-refractivity contribution < 1.29 is 18.7 Å². The summed E-state index contributed by atoms with van der Waals surface area (Å²) in [6.45, 7) is 2.44. The Morgan fingerprint density at radius 2 is 1.83 bits per heavy atom. The highest BCUT2D eigenvalue weighted by Crippen LogP contribution is 2.12. The van der Waals surface area contributed by atoms with Crippen LogP contribution < -0.4 is 10.6 Å². The number of halogens is 1. The number of rotatable bonds is 7. The molecule has 0 saturated carbocycles. The topological polar surface area (TPSA) is 67.4 Å². The van der Waals surface area contributed by atoms with E-state index >= 15 is 0 Å². The maximum absolute atomic E-state index is 13.0. The molecule has 0 radical (unpaired) electrons. The van der Waals surface area contributed by atoms with Crippen LogP contribution in [0.3, 0.4) is 0 Å². The second-order valence-electron chi connectivity index (χ2n) is 5.03. The van der Waals surface area contributed by atoms with E-state index < -0.39 is 5.97 Å². The largest absolute Gasteiger partial charge is 0.462 e. The Kier molecular flexibility index (Phi) is 6.31. The summed E-state index contributed by atoms with van der Waals surface area (Å²) in [5, 5.41) is 5.71. The molecule has 0 atom stereocenters. The van der Waals surface area contributed by atoms with Crippen molar-refractivity contribution in [1.82, 2.24) is 0 Å². The van der Waals surface area contributed by atoms with Gasteiger partial charge in [0.1, 0.15) is 5.82 Å². The number of hydrogen-bond donors (Lipinski definition) is 2. The molecule has 0 aliphatic rings. The zero-order chi connectivity index (χ0) is 17.4. The molecule has 0 bridgehead atoms. The quantitative estimate of drug-likeness (QED) is 0.763. The minimum absolute atomic E-state index is 0.178. The second kappa shape index (κ2) is 8.67. The van der Waals surface area contributed by atoms with Crippen LogP contribution in [0.15, 0.2) is 48.5 Å². The molecule has 0 fully saturated rings. The average Bonchev–Trinajstić information content (AvgIpc) is 2.56. The molecule has 6 heteroatoms. The second-order valence-corrected chi connectivity index (χ2v) is 5.03. The Labute approximate surface area is 139 Å². The van der Waals surface area contributed by atoms with E-state index in [1.165, 1.54) is 12.1 Å². The summed E-state index contributed by atoms with van der Waals surface area (Å²) < 4.78 is 17.9. The van der Waals surface area contributed by atoms with E-state index in [1.807, 2.05) is 0 Å². The molecular formula is C18H19FN2O3. The Hall–Kier alpha value is -2.89. The van der Waals surface area contributed by atoms with Crippen LogP contribution in [0, 0.1) is 5.82 Å². The maximum Gasteiger partial charge on any atom is 0.338 e. The fourth-order valence-electron chi connectivity index (χ4n) is 2.05. The smallest absolute Gasteiger partial charge is 0.338 e. The predicted molar refractivity (Wildman–Crippen MR) is 90.5 cm³/mol. The van der Waals surface area contributed by atoms with Gasteiger partial charge in [0.25, 0.3) is 0 Å². The number of benzene rings is 2. The molecule has 2 aromatic carbocycles. The molecule has 0 aliphatic carbocycles. The summed E-state index contributed by atoms with van der Waals surface area (Å²) in [6, 6.07) is 12.5. The summed E-state index contributed by atoms with van der Waals surface area (Å²) in [4.78, 5) is 23.4. The maximum atomic E-state index is 13.0. The SMILES string of the molecule is CCOC(=O)c1ccc(NC(=O)CCNc2cccc(F)c2)cc1. The summed E-state index contributed by atoms with van der Waals surface area (Å²) in [5.74, 6) is -0.899. The first-order valence-electron chi connectivity index (χ1n) is 7.65. The Morgan fingerprint density at radius 3 is 2.50 bits per heavy atom. The molecular weight excluding hydrogens is 311 g/mol. The van der Waals surface area contributed by atoms with E-state index in [4.69, 9.17) is 4.74 Å². The third kappa shape index (κ3) is 5.39. The zero-order valence-corrected chi connectivity index (χ0v) is 13.3. The van der Waals surface area contributed by atoms with E-state index in [9.17, 15) is 14.0 Å². The van der Waals surface area contributed by atoms with Gasteiger partial charge in [0.05, 0.1) is 12.2 Å². The van der Waals surface area contributed by atoms with Crippen LogP contribution in [0.4, 0.5) is 15.8 Å². The van der Waals surface area contributed by atoms with E-state index in [0.29, 0.717) is 30.1 Å². The van der Waals surface area contributed by atoms with E-state index in [0.717, 1.165) is 0 Å². The van der Waals surface area contributed by atoms with Gasteiger partial charge in [0, 0.05) is 24.3 Å².